The van der Waals surface area contributed by atoms with Crippen LogP contribution in [-0.2, 0) is 4.79 Å². The molecule has 0 radical (unpaired) electrons. The maximum Gasteiger partial charge on any atom is 0.269 e. The van der Waals surface area contributed by atoms with Crippen LogP contribution in [0.25, 0.3) is 6.08 Å². The van der Waals surface area contributed by atoms with Gasteiger partial charge in [-0.3, -0.25) is 20.4 Å². The molecule has 2 N–H and O–H groups in total. The molecule has 0 bridgehead atoms. The minimum atomic E-state index is -0.483. The minimum absolute atomic E-state index is 0.123. The summed E-state index contributed by atoms with van der Waals surface area (Å²) in [7, 11) is 1.56. The lowest BCUT2D eigenvalue weighted by molar-refractivity contribution is -0.117. The van der Waals surface area contributed by atoms with Gasteiger partial charge in [0.2, 0.25) is 6.79 Å². The summed E-state index contributed by atoms with van der Waals surface area (Å²) in [5.41, 5.74) is 5.78. The molecule has 0 saturated carbocycles. The largest absolute Gasteiger partial charge is 0.493 e. The van der Waals surface area contributed by atoms with Gasteiger partial charge in [-0.15, -0.1) is 0 Å². The Morgan fingerprint density at radius 3 is 2.63 bits per heavy atom. The normalized spacial score (nSPS) is 12.1. The van der Waals surface area contributed by atoms with Crippen LogP contribution in [0, 0.1) is 5.92 Å². The molecular weight excluding hydrogens is 388 g/mol. The van der Waals surface area contributed by atoms with Crippen LogP contribution in [-0.4, -0.2) is 32.3 Å². The average molecular weight is 412 g/mol. The quantitative estimate of drug-likeness (QED) is 0.536. The van der Waals surface area contributed by atoms with Crippen molar-refractivity contribution in [2.45, 2.75) is 13.8 Å². The summed E-state index contributed by atoms with van der Waals surface area (Å²) in [6, 6.07) is 10.1. The number of methoxy groups -OCH3 is 1. The van der Waals surface area contributed by atoms with Crippen LogP contribution in [0.15, 0.2) is 42.5 Å². The van der Waals surface area contributed by atoms with Crippen molar-refractivity contribution in [1.82, 2.24) is 10.9 Å². The summed E-state index contributed by atoms with van der Waals surface area (Å²) in [5.74, 6) is 1.73. The number of hydrazine groups is 1. The van der Waals surface area contributed by atoms with Crippen molar-refractivity contribution in [3.8, 4) is 23.0 Å². The molecule has 30 heavy (non-hydrogen) atoms. The first-order chi connectivity index (χ1) is 14.5. The Kier molecular flexibility index (Phi) is 6.79. The Hall–Kier alpha value is -3.68. The van der Waals surface area contributed by atoms with Crippen molar-refractivity contribution in [1.29, 1.82) is 0 Å². The van der Waals surface area contributed by atoms with Crippen molar-refractivity contribution in [3.05, 3.63) is 53.6 Å². The number of carbonyl (C=O) groups excluding carboxylic acids is 2. The predicted octanol–water partition coefficient (Wildman–Crippen LogP) is 2.93. The van der Waals surface area contributed by atoms with Gasteiger partial charge in [-0.1, -0.05) is 19.9 Å². The topological polar surface area (TPSA) is 95.1 Å². The fraction of sp³-hybridized carbons (Fsp3) is 0.273. The number of rotatable bonds is 7. The highest BCUT2D eigenvalue weighted by atomic mass is 16.7. The lowest BCUT2D eigenvalue weighted by Crippen LogP contribution is -2.40. The molecule has 1 aliphatic heterocycles. The van der Waals surface area contributed by atoms with Gasteiger partial charge in [0.1, 0.15) is 0 Å². The Balaban J connectivity index is 1.54. The summed E-state index contributed by atoms with van der Waals surface area (Å²) < 4.78 is 21.5. The highest BCUT2D eigenvalue weighted by molar-refractivity contribution is 5.98. The molecule has 1 aliphatic rings. The molecule has 0 unspecified atom stereocenters. The van der Waals surface area contributed by atoms with E-state index < -0.39 is 11.8 Å². The number of amides is 2. The van der Waals surface area contributed by atoms with Gasteiger partial charge < -0.3 is 18.9 Å². The van der Waals surface area contributed by atoms with Crippen LogP contribution in [0.1, 0.15) is 29.8 Å². The van der Waals surface area contributed by atoms with Crippen molar-refractivity contribution in [2.75, 3.05) is 20.5 Å². The van der Waals surface area contributed by atoms with Crippen molar-refractivity contribution < 1.29 is 28.5 Å². The molecule has 8 nitrogen and oxygen atoms in total. The Bertz CT molecular complexity index is 955. The molecule has 8 heteroatoms. The third-order valence-electron chi connectivity index (χ3n) is 4.12. The molecule has 158 valence electrons. The van der Waals surface area contributed by atoms with Gasteiger partial charge in [-0.05, 0) is 47.9 Å². The van der Waals surface area contributed by atoms with Crippen molar-refractivity contribution >= 4 is 17.9 Å². The molecule has 0 fully saturated rings. The first kappa shape index (κ1) is 21.0. The molecule has 2 aromatic rings. The van der Waals surface area contributed by atoms with Gasteiger partial charge in [0.25, 0.3) is 11.8 Å². The molecule has 0 atom stereocenters. The smallest absolute Gasteiger partial charge is 0.269 e. The molecule has 0 aliphatic carbocycles. The zero-order valence-electron chi connectivity index (χ0n) is 17.1. The van der Waals surface area contributed by atoms with E-state index in [1.165, 1.54) is 6.08 Å². The summed E-state index contributed by atoms with van der Waals surface area (Å²) in [4.78, 5) is 24.2. The van der Waals surface area contributed by atoms with Gasteiger partial charge in [-0.2, -0.15) is 0 Å². The van der Waals surface area contributed by atoms with Gasteiger partial charge in [0, 0.05) is 11.6 Å². The van der Waals surface area contributed by atoms with E-state index in [1.54, 1.807) is 43.5 Å². The Labute approximate surface area is 174 Å². The zero-order valence-corrected chi connectivity index (χ0v) is 17.1. The Morgan fingerprint density at radius 2 is 1.87 bits per heavy atom. The molecule has 1 heterocycles. The first-order valence-electron chi connectivity index (χ1n) is 9.45. The standard InChI is InChI=1S/C22H24N2O6/c1-14(2)12-28-17-7-4-15(10-19(17)27-3)5-9-21(25)23-24-22(26)16-6-8-18-20(11-16)30-13-29-18/h4-11,14H,12-13H2,1-3H3,(H,23,25)(H,24,26)/b9-5+. The van der Waals surface area contributed by atoms with E-state index in [0.717, 1.165) is 5.56 Å². The van der Waals surface area contributed by atoms with Gasteiger partial charge >= 0.3 is 0 Å². The van der Waals surface area contributed by atoms with Gasteiger partial charge in [-0.25, -0.2) is 0 Å². The molecular formula is C22H24N2O6. The minimum Gasteiger partial charge on any atom is -0.493 e. The van der Waals surface area contributed by atoms with Crippen LogP contribution in [0.2, 0.25) is 0 Å². The summed E-state index contributed by atoms with van der Waals surface area (Å²) in [6.45, 7) is 4.83. The average Bonchev–Trinajstić information content (AvgIpc) is 3.22. The number of hydrogen-bond donors (Lipinski definition) is 2. The number of ether oxygens (including phenoxy) is 4. The van der Waals surface area contributed by atoms with Crippen LogP contribution in [0.5, 0.6) is 23.0 Å². The van der Waals surface area contributed by atoms with E-state index in [9.17, 15) is 9.59 Å². The van der Waals surface area contributed by atoms with E-state index in [4.69, 9.17) is 18.9 Å². The SMILES string of the molecule is COc1cc(/C=C/C(=O)NNC(=O)c2ccc3c(c2)OCO3)ccc1OCC(C)C. The van der Waals surface area contributed by atoms with Crippen LogP contribution < -0.4 is 29.8 Å². The molecule has 0 spiro atoms. The maximum atomic E-state index is 12.2. The molecule has 2 aromatic carbocycles. The summed E-state index contributed by atoms with van der Waals surface area (Å²) >= 11 is 0. The van der Waals surface area contributed by atoms with Crippen LogP contribution in [0.4, 0.5) is 0 Å². The van der Waals surface area contributed by atoms with E-state index >= 15 is 0 Å². The molecule has 3 rings (SSSR count). The zero-order chi connectivity index (χ0) is 21.5. The molecule has 2 amide bonds. The Morgan fingerprint density at radius 1 is 1.07 bits per heavy atom. The number of carbonyl (C=O) groups is 2. The fourth-order valence-corrected chi connectivity index (χ4v) is 2.61. The number of nitrogens with one attached hydrogen (secondary N) is 2. The number of fused-ring (bicyclic) bond motifs is 1. The maximum absolute atomic E-state index is 12.2. The van der Waals surface area contributed by atoms with Gasteiger partial charge in [0.05, 0.1) is 13.7 Å². The first-order valence-corrected chi connectivity index (χ1v) is 9.45. The van der Waals surface area contributed by atoms with E-state index in [-0.39, 0.29) is 6.79 Å². The van der Waals surface area contributed by atoms with Crippen LogP contribution in [0.3, 0.4) is 0 Å². The lowest BCUT2D eigenvalue weighted by Gasteiger charge is -2.12. The van der Waals surface area contributed by atoms with E-state index in [2.05, 4.69) is 24.7 Å². The van der Waals surface area contributed by atoms with Crippen molar-refractivity contribution in [2.24, 2.45) is 5.92 Å². The third kappa shape index (κ3) is 5.44. The molecule has 0 saturated heterocycles. The lowest BCUT2D eigenvalue weighted by atomic mass is 10.2. The second kappa shape index (κ2) is 9.69. The third-order valence-corrected chi connectivity index (χ3v) is 4.12. The monoisotopic (exact) mass is 412 g/mol. The van der Waals surface area contributed by atoms with E-state index in [0.29, 0.717) is 41.1 Å². The second-order valence-corrected chi connectivity index (χ2v) is 6.96. The number of benzene rings is 2. The predicted molar refractivity (Wildman–Crippen MR) is 111 cm³/mol. The van der Waals surface area contributed by atoms with Crippen LogP contribution >= 0.6 is 0 Å². The van der Waals surface area contributed by atoms with E-state index in [1.807, 2.05) is 6.07 Å². The fourth-order valence-electron chi connectivity index (χ4n) is 2.61. The summed E-state index contributed by atoms with van der Waals surface area (Å²) in [6.07, 6.45) is 2.92. The molecule has 0 aromatic heterocycles. The van der Waals surface area contributed by atoms with Crippen molar-refractivity contribution in [3.63, 3.8) is 0 Å². The van der Waals surface area contributed by atoms with Gasteiger partial charge in [0.15, 0.2) is 23.0 Å². The highest BCUT2D eigenvalue weighted by Gasteiger charge is 2.16. The highest BCUT2D eigenvalue weighted by Crippen LogP contribution is 2.32. The summed E-state index contributed by atoms with van der Waals surface area (Å²) in [5, 5.41) is 0. The number of hydrogen-bond acceptors (Lipinski definition) is 6. The second-order valence-electron chi connectivity index (χ2n) is 6.96.